The molecule has 6 N–H and O–H groups in total. The third kappa shape index (κ3) is 114. The predicted molar refractivity (Wildman–Crippen MR) is 51.6 cm³/mol. The number of rotatable bonds is 3. The summed E-state index contributed by atoms with van der Waals surface area (Å²) in [4.78, 5) is 9.60. The normalized spacial score (nSPS) is 8.31. The molecule has 0 saturated carbocycles. The Morgan fingerprint density at radius 2 is 1.62 bits per heavy atom. The molecule has 8 nitrogen and oxygen atoms in total. The minimum atomic E-state index is -5.00. The van der Waals surface area contributed by atoms with Crippen LogP contribution in [0, 0.1) is 0 Å². The Morgan fingerprint density at radius 1 is 1.31 bits per heavy atom. The van der Waals surface area contributed by atoms with Gasteiger partial charge in [0.2, 0.25) is 0 Å². The van der Waals surface area contributed by atoms with E-state index in [2.05, 4.69) is 28.4 Å². The van der Waals surface area contributed by atoms with Gasteiger partial charge in [-0.05, 0) is 6.92 Å². The van der Waals surface area contributed by atoms with Crippen molar-refractivity contribution in [3.63, 3.8) is 0 Å². The molecule has 0 aliphatic heterocycles. The van der Waals surface area contributed by atoms with Crippen LogP contribution < -0.4 is 5.73 Å². The van der Waals surface area contributed by atoms with E-state index in [0.717, 1.165) is 0 Å². The van der Waals surface area contributed by atoms with E-state index in [4.69, 9.17) is 14.8 Å². The molecular formula is C7H17NO7Ti. The molecule has 0 aromatic rings. The van der Waals surface area contributed by atoms with E-state index >= 15 is 0 Å². The van der Waals surface area contributed by atoms with Gasteiger partial charge in [-0.2, -0.15) is 0 Å². The molecule has 0 aliphatic rings. The first-order chi connectivity index (χ1) is 7.18. The maximum absolute atomic E-state index is 9.60. The van der Waals surface area contributed by atoms with Crippen LogP contribution in [0.2, 0.25) is 0 Å². The molecule has 0 fully saturated rings. The summed E-state index contributed by atoms with van der Waals surface area (Å²) in [5, 5.41) is 0. The summed E-state index contributed by atoms with van der Waals surface area (Å²) in [7, 11) is 0. The van der Waals surface area contributed by atoms with Crippen molar-refractivity contribution >= 4 is 6.09 Å². The fourth-order valence-electron chi connectivity index (χ4n) is 0.210. The van der Waals surface area contributed by atoms with Crippen molar-refractivity contribution in [3.05, 3.63) is 25.7 Å². The summed E-state index contributed by atoms with van der Waals surface area (Å²) in [6.45, 7) is 8.57. The number of carbonyl (C=O) groups excluding carboxylic acids is 1. The van der Waals surface area contributed by atoms with Crippen LogP contribution >= 0.6 is 0 Å². The van der Waals surface area contributed by atoms with Crippen molar-refractivity contribution in [3.8, 4) is 0 Å². The molecule has 1 amide bonds. The molecule has 16 heavy (non-hydrogen) atoms. The van der Waals surface area contributed by atoms with Crippen LogP contribution in [0.5, 0.6) is 0 Å². The summed E-state index contributed by atoms with van der Waals surface area (Å²) >= 11 is -5.00. The summed E-state index contributed by atoms with van der Waals surface area (Å²) in [5.41, 5.74) is 4.54. The quantitative estimate of drug-likeness (QED) is 0.334. The summed E-state index contributed by atoms with van der Waals surface area (Å²) in [6.07, 6.45) is 1.91. The molecule has 0 atom stereocenters. The summed E-state index contributed by atoms with van der Waals surface area (Å²) in [6, 6.07) is 0. The van der Waals surface area contributed by atoms with Gasteiger partial charge in [-0.25, -0.2) is 4.79 Å². The van der Waals surface area contributed by atoms with Crippen molar-refractivity contribution in [2.24, 2.45) is 5.73 Å². The first kappa shape index (κ1) is 20.5. The Hall–Kier alpha value is -0.896. The molecule has 0 unspecified atom stereocenters. The van der Waals surface area contributed by atoms with Gasteiger partial charge in [0.05, 0.1) is 19.1 Å². The van der Waals surface area contributed by atoms with Gasteiger partial charge in [0, 0.05) is 0 Å². The van der Waals surface area contributed by atoms with E-state index in [-0.39, 0.29) is 0 Å². The molecule has 9 heteroatoms. The van der Waals surface area contributed by atoms with Gasteiger partial charge in [0.15, 0.2) is 0 Å². The molecule has 96 valence electrons. The second kappa shape index (κ2) is 14.1. The van der Waals surface area contributed by atoms with Crippen LogP contribution in [0.25, 0.3) is 0 Å². The number of carbonyl (C=O) groups is 1. The summed E-state index contributed by atoms with van der Waals surface area (Å²) < 4.78 is 38.0. The number of hydrogen-bond donors (Lipinski definition) is 5. The zero-order chi connectivity index (χ0) is 13.6. The Kier molecular flexibility index (Phi) is 18.1. The molecule has 0 aliphatic carbocycles. The Bertz CT molecular complexity index is 180. The molecule has 0 rings (SSSR count). The Balaban J connectivity index is -0.000000160. The molecular weight excluding hydrogens is 258 g/mol. The Labute approximate surface area is 98.5 Å². The molecule has 0 bridgehead atoms. The zero-order valence-electron chi connectivity index (χ0n) is 8.87. The van der Waals surface area contributed by atoms with Crippen LogP contribution in [0.1, 0.15) is 6.92 Å². The van der Waals surface area contributed by atoms with E-state index in [1.165, 1.54) is 12.5 Å². The average Bonchev–Trinajstić information content (AvgIpc) is 2.03. The molecule has 0 spiro atoms. The third-order valence-electron chi connectivity index (χ3n) is 0.479. The van der Waals surface area contributed by atoms with Gasteiger partial charge in [-0.1, -0.05) is 13.2 Å². The van der Waals surface area contributed by atoms with Gasteiger partial charge in [-0.3, -0.25) is 0 Å². The first-order valence-electron chi connectivity index (χ1n) is 3.88. The van der Waals surface area contributed by atoms with Crippen LogP contribution in [0.15, 0.2) is 25.7 Å². The zero-order valence-corrected chi connectivity index (χ0v) is 10.4. The van der Waals surface area contributed by atoms with Crippen molar-refractivity contribution in [1.29, 1.82) is 0 Å². The SMILES string of the molecule is C=COC=C.CCOC(N)=O.[OH][Ti]([OH])([OH])[OH]. The average molecular weight is 275 g/mol. The van der Waals surface area contributed by atoms with Crippen molar-refractivity contribution in [1.82, 2.24) is 0 Å². The van der Waals surface area contributed by atoms with E-state index in [0.29, 0.717) is 6.61 Å². The molecule has 0 aromatic heterocycles. The minimum absolute atomic E-state index is 0.356. The first-order valence-corrected chi connectivity index (χ1v) is 6.67. The van der Waals surface area contributed by atoms with E-state index < -0.39 is 24.2 Å². The summed E-state index contributed by atoms with van der Waals surface area (Å²) in [5.74, 6) is 0. The predicted octanol–water partition coefficient (Wildman–Crippen LogP) is -0.839. The van der Waals surface area contributed by atoms with Crippen LogP contribution in [0.3, 0.4) is 0 Å². The number of ether oxygens (including phenoxy) is 2. The standard InChI is InChI=1S/C4H6O.C3H7NO2.4H2O.Ti/c1-3-5-4-2;1-2-6-3(4)5;;;;;/h3-4H,1-2H2;2H2,1H3,(H2,4,5);4*1H2;/q;;;;;;+4/p-4. The molecule has 0 radical (unpaired) electrons. The monoisotopic (exact) mass is 275 g/mol. The van der Waals surface area contributed by atoms with Gasteiger partial charge in [-0.15, -0.1) is 0 Å². The van der Waals surface area contributed by atoms with Crippen LogP contribution in [-0.4, -0.2) is 27.5 Å². The number of primary amides is 1. The number of hydrogen-bond acceptors (Lipinski definition) is 7. The van der Waals surface area contributed by atoms with Crippen LogP contribution in [0.4, 0.5) is 4.79 Å². The molecule has 0 aromatic carbocycles. The third-order valence-corrected chi connectivity index (χ3v) is 0.479. The van der Waals surface area contributed by atoms with E-state index in [9.17, 15) is 4.79 Å². The fourth-order valence-corrected chi connectivity index (χ4v) is 0.210. The van der Waals surface area contributed by atoms with Gasteiger partial charge in [0.25, 0.3) is 0 Å². The number of amides is 1. The maximum atomic E-state index is 9.60. The number of nitrogens with two attached hydrogens (primary N) is 1. The fraction of sp³-hybridized carbons (Fsp3) is 0.286. The topological polar surface area (TPSA) is 142 Å². The Morgan fingerprint density at radius 3 is 1.62 bits per heavy atom. The van der Waals surface area contributed by atoms with E-state index in [1.807, 2.05) is 0 Å². The van der Waals surface area contributed by atoms with E-state index in [1.54, 1.807) is 6.92 Å². The molecule has 0 heterocycles. The second-order valence-corrected chi connectivity index (χ2v) is 3.70. The van der Waals surface area contributed by atoms with Gasteiger partial charge < -0.3 is 15.2 Å². The van der Waals surface area contributed by atoms with Gasteiger partial charge in [0.1, 0.15) is 0 Å². The van der Waals surface area contributed by atoms with Crippen molar-refractivity contribution < 1.29 is 47.2 Å². The van der Waals surface area contributed by atoms with Crippen molar-refractivity contribution in [2.75, 3.05) is 6.61 Å². The van der Waals surface area contributed by atoms with Crippen LogP contribution in [-0.2, 0) is 27.6 Å². The van der Waals surface area contributed by atoms with Crippen molar-refractivity contribution in [2.45, 2.75) is 6.92 Å². The second-order valence-electron chi connectivity index (χ2n) is 1.82. The van der Waals surface area contributed by atoms with Gasteiger partial charge >= 0.3 is 39.0 Å². The molecule has 0 saturated heterocycles.